The van der Waals surface area contributed by atoms with Crippen molar-refractivity contribution in [1.82, 2.24) is 29.4 Å². The van der Waals surface area contributed by atoms with Crippen LogP contribution in [0.4, 0.5) is 5.95 Å². The van der Waals surface area contributed by atoms with Crippen molar-refractivity contribution in [3.63, 3.8) is 0 Å². The first-order chi connectivity index (χ1) is 13.0. The first-order valence-electron chi connectivity index (χ1n) is 8.78. The van der Waals surface area contributed by atoms with E-state index in [1.54, 1.807) is 24.2 Å². The molecule has 0 aliphatic carbocycles. The number of hydrogen-bond acceptors (Lipinski definition) is 5. The monoisotopic (exact) mass is 363 g/mol. The second-order valence-electron chi connectivity index (χ2n) is 6.65. The number of H-pyrrole nitrogens is 1. The van der Waals surface area contributed by atoms with E-state index < -0.39 is 0 Å². The predicted molar refractivity (Wildman–Crippen MR) is 104 cm³/mol. The number of rotatable bonds is 4. The minimum absolute atomic E-state index is 0.148. The number of imidazole rings is 2. The smallest absolute Gasteiger partial charge is 0.255 e. The molecule has 3 N–H and O–H groups in total. The zero-order valence-corrected chi connectivity index (χ0v) is 15.5. The van der Waals surface area contributed by atoms with Gasteiger partial charge < -0.3 is 15.6 Å². The number of hydrogen-bond donors (Lipinski definition) is 2. The Balaban J connectivity index is 1.58. The lowest BCUT2D eigenvalue weighted by Crippen LogP contribution is -2.26. The molecular weight excluding hydrogens is 342 g/mol. The van der Waals surface area contributed by atoms with E-state index in [-0.39, 0.29) is 5.91 Å². The minimum atomic E-state index is -0.148. The summed E-state index contributed by atoms with van der Waals surface area (Å²) in [6.07, 6.45) is 1.57. The van der Waals surface area contributed by atoms with E-state index in [0.717, 1.165) is 22.4 Å². The van der Waals surface area contributed by atoms with E-state index in [2.05, 4.69) is 19.9 Å². The second-order valence-corrected chi connectivity index (χ2v) is 6.65. The molecule has 0 aliphatic rings. The predicted octanol–water partition coefficient (Wildman–Crippen LogP) is 2.49. The van der Waals surface area contributed by atoms with Gasteiger partial charge in [0, 0.05) is 19.8 Å². The van der Waals surface area contributed by atoms with E-state index in [1.807, 2.05) is 36.6 Å². The molecule has 0 spiro atoms. The normalized spacial score (nSPS) is 11.4. The van der Waals surface area contributed by atoms with Crippen LogP contribution in [0.3, 0.4) is 0 Å². The Hall–Kier alpha value is -3.42. The summed E-state index contributed by atoms with van der Waals surface area (Å²) >= 11 is 0. The Kier molecular flexibility index (Phi) is 4.02. The van der Waals surface area contributed by atoms with Crippen LogP contribution < -0.4 is 5.73 Å². The van der Waals surface area contributed by atoms with E-state index in [4.69, 9.17) is 5.73 Å². The van der Waals surface area contributed by atoms with Crippen LogP contribution in [-0.4, -0.2) is 42.4 Å². The number of fused-ring (bicyclic) bond motifs is 2. The first-order valence-corrected chi connectivity index (χ1v) is 8.78. The number of aryl methyl sites for hydroxylation is 2. The summed E-state index contributed by atoms with van der Waals surface area (Å²) in [5, 5.41) is 0. The standard InChI is InChI=1S/C19H21N7O/c1-4-26-17-15(24-19(26)20)8-12(9-21-17)18(27)25(3)10-16-22-13-6-5-11(2)7-14(13)23-16/h5-9H,4,10H2,1-3H3,(H2,20,24)(H,22,23). The maximum Gasteiger partial charge on any atom is 0.255 e. The molecule has 8 nitrogen and oxygen atoms in total. The highest BCUT2D eigenvalue weighted by Crippen LogP contribution is 2.18. The highest BCUT2D eigenvalue weighted by molar-refractivity contribution is 5.96. The molecule has 3 heterocycles. The molecule has 0 fully saturated rings. The molecule has 0 bridgehead atoms. The van der Waals surface area contributed by atoms with Gasteiger partial charge in [-0.15, -0.1) is 0 Å². The van der Waals surface area contributed by atoms with Gasteiger partial charge in [0.15, 0.2) is 5.65 Å². The van der Waals surface area contributed by atoms with Gasteiger partial charge in [0.2, 0.25) is 5.95 Å². The minimum Gasteiger partial charge on any atom is -0.369 e. The van der Waals surface area contributed by atoms with Gasteiger partial charge in [0.1, 0.15) is 11.3 Å². The molecule has 4 aromatic rings. The van der Waals surface area contributed by atoms with Crippen LogP contribution in [0.5, 0.6) is 0 Å². The maximum atomic E-state index is 12.8. The number of carbonyl (C=O) groups is 1. The summed E-state index contributed by atoms with van der Waals surface area (Å²) in [5.74, 6) is 0.987. The molecule has 3 aromatic heterocycles. The molecule has 4 rings (SSSR count). The summed E-state index contributed by atoms with van der Waals surface area (Å²) in [4.78, 5) is 30.9. The Morgan fingerprint density at radius 2 is 2.07 bits per heavy atom. The van der Waals surface area contributed by atoms with Crippen LogP contribution >= 0.6 is 0 Å². The number of aromatic nitrogens is 5. The average molecular weight is 363 g/mol. The molecule has 0 saturated heterocycles. The molecule has 0 saturated carbocycles. The lowest BCUT2D eigenvalue weighted by molar-refractivity contribution is 0.0781. The molecule has 0 unspecified atom stereocenters. The van der Waals surface area contributed by atoms with Gasteiger partial charge >= 0.3 is 0 Å². The summed E-state index contributed by atoms with van der Waals surface area (Å²) in [6.45, 7) is 5.05. The third-order valence-corrected chi connectivity index (χ3v) is 4.60. The Morgan fingerprint density at radius 1 is 1.26 bits per heavy atom. The number of nitrogens with zero attached hydrogens (tertiary/aromatic N) is 5. The number of pyridine rings is 1. The second kappa shape index (κ2) is 6.39. The van der Waals surface area contributed by atoms with Crippen molar-refractivity contribution in [2.75, 3.05) is 12.8 Å². The van der Waals surface area contributed by atoms with Gasteiger partial charge in [0.25, 0.3) is 5.91 Å². The first kappa shape index (κ1) is 17.0. The Labute approximate surface area is 156 Å². The van der Waals surface area contributed by atoms with Gasteiger partial charge in [-0.2, -0.15) is 0 Å². The lowest BCUT2D eigenvalue weighted by Gasteiger charge is -2.15. The number of nitrogens with one attached hydrogen (secondary N) is 1. The summed E-state index contributed by atoms with van der Waals surface area (Å²) in [7, 11) is 1.74. The highest BCUT2D eigenvalue weighted by Gasteiger charge is 2.17. The van der Waals surface area contributed by atoms with E-state index in [1.165, 1.54) is 0 Å². The van der Waals surface area contributed by atoms with Crippen molar-refractivity contribution < 1.29 is 4.79 Å². The van der Waals surface area contributed by atoms with Crippen LogP contribution in [0.1, 0.15) is 28.7 Å². The summed E-state index contributed by atoms with van der Waals surface area (Å²) in [6, 6.07) is 7.76. The fourth-order valence-corrected chi connectivity index (χ4v) is 3.23. The van der Waals surface area contributed by atoms with E-state index >= 15 is 0 Å². The largest absolute Gasteiger partial charge is 0.369 e. The number of carbonyl (C=O) groups excluding carboxylic acids is 1. The third-order valence-electron chi connectivity index (χ3n) is 4.60. The molecule has 0 atom stereocenters. The van der Waals surface area contributed by atoms with Crippen LogP contribution in [-0.2, 0) is 13.1 Å². The Bertz CT molecular complexity index is 1160. The summed E-state index contributed by atoms with van der Waals surface area (Å²) in [5.41, 5.74) is 10.7. The number of benzene rings is 1. The quantitative estimate of drug-likeness (QED) is 0.579. The molecule has 138 valence electrons. The van der Waals surface area contributed by atoms with Gasteiger partial charge in [-0.3, -0.25) is 9.36 Å². The topological polar surface area (TPSA) is 106 Å². The summed E-state index contributed by atoms with van der Waals surface area (Å²) < 4.78 is 1.81. The van der Waals surface area contributed by atoms with Gasteiger partial charge in [-0.05, 0) is 37.6 Å². The maximum absolute atomic E-state index is 12.8. The van der Waals surface area contributed by atoms with Crippen molar-refractivity contribution in [3.05, 3.63) is 47.4 Å². The van der Waals surface area contributed by atoms with Gasteiger partial charge in [-0.25, -0.2) is 15.0 Å². The van der Waals surface area contributed by atoms with E-state index in [0.29, 0.717) is 35.8 Å². The molecule has 0 radical (unpaired) electrons. The lowest BCUT2D eigenvalue weighted by atomic mass is 10.2. The van der Waals surface area contributed by atoms with Crippen LogP contribution in [0.15, 0.2) is 30.5 Å². The van der Waals surface area contributed by atoms with Crippen molar-refractivity contribution in [1.29, 1.82) is 0 Å². The molecule has 1 aromatic carbocycles. The average Bonchev–Trinajstić information content (AvgIpc) is 3.18. The van der Waals surface area contributed by atoms with Crippen molar-refractivity contribution in [2.24, 2.45) is 0 Å². The Morgan fingerprint density at radius 3 is 2.85 bits per heavy atom. The number of anilines is 1. The number of nitrogen functional groups attached to an aromatic ring is 1. The van der Waals surface area contributed by atoms with Crippen LogP contribution in [0.25, 0.3) is 22.2 Å². The van der Waals surface area contributed by atoms with E-state index in [9.17, 15) is 4.79 Å². The molecule has 1 amide bonds. The van der Waals surface area contributed by atoms with Gasteiger partial charge in [0.05, 0.1) is 23.1 Å². The van der Waals surface area contributed by atoms with Crippen molar-refractivity contribution in [3.8, 4) is 0 Å². The van der Waals surface area contributed by atoms with Gasteiger partial charge in [-0.1, -0.05) is 6.07 Å². The van der Waals surface area contributed by atoms with Crippen LogP contribution in [0.2, 0.25) is 0 Å². The number of amides is 1. The zero-order chi connectivity index (χ0) is 19.1. The van der Waals surface area contributed by atoms with Crippen molar-refractivity contribution >= 4 is 34.1 Å². The zero-order valence-electron chi connectivity index (χ0n) is 15.5. The van der Waals surface area contributed by atoms with Crippen LogP contribution in [0, 0.1) is 6.92 Å². The number of aromatic amines is 1. The molecule has 0 aliphatic heterocycles. The molecule has 27 heavy (non-hydrogen) atoms. The SMILES string of the molecule is CCn1c(N)nc2cc(C(=O)N(C)Cc3nc4ccc(C)cc4[nH]3)cnc21. The molecule has 8 heteroatoms. The molecular formula is C19H21N7O. The van der Waals surface area contributed by atoms with Crippen molar-refractivity contribution in [2.45, 2.75) is 26.9 Å². The fourth-order valence-electron chi connectivity index (χ4n) is 3.23. The number of nitrogens with two attached hydrogens (primary N) is 1. The fraction of sp³-hybridized carbons (Fsp3) is 0.263. The third kappa shape index (κ3) is 2.99. The highest BCUT2D eigenvalue weighted by atomic mass is 16.2.